The smallest absolute Gasteiger partial charge is 0.319 e. The zero-order chi connectivity index (χ0) is 14.4. The number of para-hydroxylation sites is 1. The van der Waals surface area contributed by atoms with E-state index in [0.717, 1.165) is 24.1 Å². The van der Waals surface area contributed by atoms with Crippen LogP contribution in [0, 0.1) is 12.8 Å². The Morgan fingerprint density at radius 3 is 2.70 bits per heavy atom. The van der Waals surface area contributed by atoms with Gasteiger partial charge in [-0.1, -0.05) is 37.5 Å². The number of nitrogens with one attached hydrogen (secondary N) is 2. The first-order chi connectivity index (χ1) is 9.66. The van der Waals surface area contributed by atoms with Gasteiger partial charge >= 0.3 is 6.03 Å². The van der Waals surface area contributed by atoms with E-state index in [1.54, 1.807) is 0 Å². The summed E-state index contributed by atoms with van der Waals surface area (Å²) in [6, 6.07) is 7.39. The fraction of sp³-hybridized carbons (Fsp3) is 0.562. The maximum Gasteiger partial charge on any atom is 0.319 e. The molecule has 2 amide bonds. The van der Waals surface area contributed by atoms with Crippen LogP contribution in [0.3, 0.4) is 0 Å². The number of rotatable bonds is 4. The standard InChI is InChI=1S/C16H24N2O2/c1-12-7-5-6-10-14(12)18-16(20)17-11-15(19)13-8-3-2-4-9-13/h5-7,10,13,15,19H,2-4,8-9,11H2,1H3,(H2,17,18,20). The third-order valence-electron chi connectivity index (χ3n) is 4.06. The number of aryl methyl sites for hydroxylation is 1. The maximum atomic E-state index is 11.8. The fourth-order valence-corrected chi connectivity index (χ4v) is 2.76. The molecule has 1 atom stereocenters. The van der Waals surface area contributed by atoms with Crippen LogP contribution in [-0.4, -0.2) is 23.8 Å². The van der Waals surface area contributed by atoms with Crippen LogP contribution < -0.4 is 10.6 Å². The molecule has 2 rings (SSSR count). The average molecular weight is 276 g/mol. The summed E-state index contributed by atoms with van der Waals surface area (Å²) in [5, 5.41) is 15.7. The third-order valence-corrected chi connectivity index (χ3v) is 4.06. The number of carbonyl (C=O) groups excluding carboxylic acids is 1. The second kappa shape index (κ2) is 7.29. The van der Waals surface area contributed by atoms with Gasteiger partial charge in [-0.05, 0) is 37.3 Å². The van der Waals surface area contributed by atoms with Crippen LogP contribution in [0.5, 0.6) is 0 Å². The molecule has 0 bridgehead atoms. The first kappa shape index (κ1) is 14.9. The van der Waals surface area contributed by atoms with Gasteiger partial charge in [0.05, 0.1) is 6.10 Å². The number of hydrogen-bond acceptors (Lipinski definition) is 2. The summed E-state index contributed by atoms with van der Waals surface area (Å²) in [6.45, 7) is 2.27. The van der Waals surface area contributed by atoms with Gasteiger partial charge in [0.25, 0.3) is 0 Å². The summed E-state index contributed by atoms with van der Waals surface area (Å²) in [6.07, 6.45) is 5.36. The van der Waals surface area contributed by atoms with Crippen molar-refractivity contribution >= 4 is 11.7 Å². The fourth-order valence-electron chi connectivity index (χ4n) is 2.76. The summed E-state index contributed by atoms with van der Waals surface area (Å²) in [5.41, 5.74) is 1.83. The highest BCUT2D eigenvalue weighted by atomic mass is 16.3. The van der Waals surface area contributed by atoms with Crippen molar-refractivity contribution < 1.29 is 9.90 Å². The van der Waals surface area contributed by atoms with Gasteiger partial charge in [-0.25, -0.2) is 4.79 Å². The number of aliphatic hydroxyl groups excluding tert-OH is 1. The minimum Gasteiger partial charge on any atom is -0.391 e. The van der Waals surface area contributed by atoms with Crippen LogP contribution >= 0.6 is 0 Å². The van der Waals surface area contributed by atoms with E-state index in [1.165, 1.54) is 19.3 Å². The largest absolute Gasteiger partial charge is 0.391 e. The second-order valence-corrected chi connectivity index (χ2v) is 5.62. The van der Waals surface area contributed by atoms with Crippen LogP contribution in [0.2, 0.25) is 0 Å². The van der Waals surface area contributed by atoms with Crippen LogP contribution in [-0.2, 0) is 0 Å². The highest BCUT2D eigenvalue weighted by molar-refractivity contribution is 5.89. The van der Waals surface area contributed by atoms with Gasteiger partial charge in [0.2, 0.25) is 0 Å². The maximum absolute atomic E-state index is 11.8. The average Bonchev–Trinajstić information content (AvgIpc) is 2.48. The van der Waals surface area contributed by atoms with E-state index in [-0.39, 0.29) is 6.03 Å². The molecule has 0 heterocycles. The lowest BCUT2D eigenvalue weighted by molar-refractivity contribution is 0.0863. The predicted molar refractivity (Wildman–Crippen MR) is 80.8 cm³/mol. The number of aliphatic hydroxyl groups is 1. The Kier molecular flexibility index (Phi) is 5.41. The van der Waals surface area contributed by atoms with E-state index in [1.807, 2.05) is 31.2 Å². The monoisotopic (exact) mass is 276 g/mol. The zero-order valence-corrected chi connectivity index (χ0v) is 12.1. The molecule has 110 valence electrons. The number of urea groups is 1. The summed E-state index contributed by atoms with van der Waals surface area (Å²) < 4.78 is 0. The third kappa shape index (κ3) is 4.23. The van der Waals surface area contributed by atoms with Crippen molar-refractivity contribution in [3.8, 4) is 0 Å². The SMILES string of the molecule is Cc1ccccc1NC(=O)NCC(O)C1CCCCC1. The van der Waals surface area contributed by atoms with Gasteiger partial charge in [-0.15, -0.1) is 0 Å². The molecule has 0 aromatic heterocycles. The predicted octanol–water partition coefficient (Wildman–Crippen LogP) is 3.06. The summed E-state index contributed by atoms with van der Waals surface area (Å²) in [7, 11) is 0. The minimum atomic E-state index is -0.432. The molecule has 4 heteroatoms. The van der Waals surface area contributed by atoms with E-state index >= 15 is 0 Å². The van der Waals surface area contributed by atoms with E-state index in [2.05, 4.69) is 10.6 Å². The minimum absolute atomic E-state index is 0.255. The molecule has 1 fully saturated rings. The number of amides is 2. The molecule has 0 spiro atoms. The molecule has 1 aliphatic carbocycles. The Morgan fingerprint density at radius 2 is 2.00 bits per heavy atom. The van der Waals surface area contributed by atoms with Gasteiger partial charge < -0.3 is 15.7 Å². The Labute approximate surface area is 120 Å². The lowest BCUT2D eigenvalue weighted by Crippen LogP contribution is -2.39. The molecule has 1 saturated carbocycles. The molecule has 1 aromatic rings. The van der Waals surface area contributed by atoms with Crippen molar-refractivity contribution in [1.29, 1.82) is 0 Å². The molecular formula is C16H24N2O2. The van der Waals surface area contributed by atoms with Gasteiger partial charge in [0.1, 0.15) is 0 Å². The molecule has 0 aliphatic heterocycles. The number of hydrogen-bond donors (Lipinski definition) is 3. The normalized spacial score (nSPS) is 17.5. The van der Waals surface area contributed by atoms with Crippen molar-refractivity contribution in [1.82, 2.24) is 5.32 Å². The lowest BCUT2D eigenvalue weighted by Gasteiger charge is -2.26. The van der Waals surface area contributed by atoms with Crippen LogP contribution in [0.1, 0.15) is 37.7 Å². The Morgan fingerprint density at radius 1 is 1.30 bits per heavy atom. The first-order valence-corrected chi connectivity index (χ1v) is 7.45. The second-order valence-electron chi connectivity index (χ2n) is 5.62. The van der Waals surface area contributed by atoms with E-state index in [4.69, 9.17) is 0 Å². The Balaban J connectivity index is 1.76. The van der Waals surface area contributed by atoms with Crippen LogP contribution in [0.4, 0.5) is 10.5 Å². The molecule has 0 saturated heterocycles. The molecule has 4 nitrogen and oxygen atoms in total. The molecule has 3 N–H and O–H groups in total. The van der Waals surface area contributed by atoms with Gasteiger partial charge in [0, 0.05) is 12.2 Å². The molecule has 20 heavy (non-hydrogen) atoms. The van der Waals surface area contributed by atoms with Crippen molar-refractivity contribution in [2.75, 3.05) is 11.9 Å². The van der Waals surface area contributed by atoms with Crippen LogP contribution in [0.25, 0.3) is 0 Å². The van der Waals surface area contributed by atoms with Crippen LogP contribution in [0.15, 0.2) is 24.3 Å². The Hall–Kier alpha value is -1.55. The number of carbonyl (C=O) groups is 1. The number of benzene rings is 1. The molecule has 1 aliphatic rings. The zero-order valence-electron chi connectivity index (χ0n) is 12.1. The van der Waals surface area contributed by atoms with E-state index < -0.39 is 6.10 Å². The van der Waals surface area contributed by atoms with Crippen molar-refractivity contribution in [2.24, 2.45) is 5.92 Å². The molecule has 0 radical (unpaired) electrons. The van der Waals surface area contributed by atoms with Crippen molar-refractivity contribution in [3.63, 3.8) is 0 Å². The summed E-state index contributed by atoms with van der Waals surface area (Å²) in [4.78, 5) is 11.8. The van der Waals surface area contributed by atoms with Crippen molar-refractivity contribution in [2.45, 2.75) is 45.1 Å². The first-order valence-electron chi connectivity index (χ1n) is 7.45. The van der Waals surface area contributed by atoms with E-state index in [9.17, 15) is 9.90 Å². The lowest BCUT2D eigenvalue weighted by atomic mass is 9.85. The molecule has 1 unspecified atom stereocenters. The van der Waals surface area contributed by atoms with Crippen molar-refractivity contribution in [3.05, 3.63) is 29.8 Å². The summed E-state index contributed by atoms with van der Waals surface area (Å²) in [5.74, 6) is 0.336. The number of anilines is 1. The Bertz CT molecular complexity index is 442. The van der Waals surface area contributed by atoms with Gasteiger partial charge in [-0.3, -0.25) is 0 Å². The van der Waals surface area contributed by atoms with E-state index in [0.29, 0.717) is 12.5 Å². The van der Waals surface area contributed by atoms with Gasteiger partial charge in [-0.2, -0.15) is 0 Å². The molecule has 1 aromatic carbocycles. The quantitative estimate of drug-likeness (QED) is 0.791. The highest BCUT2D eigenvalue weighted by Gasteiger charge is 2.21. The highest BCUT2D eigenvalue weighted by Crippen LogP contribution is 2.26. The summed E-state index contributed by atoms with van der Waals surface area (Å²) >= 11 is 0. The topological polar surface area (TPSA) is 61.4 Å². The molecular weight excluding hydrogens is 252 g/mol. The van der Waals surface area contributed by atoms with Gasteiger partial charge in [0.15, 0.2) is 0 Å².